The summed E-state index contributed by atoms with van der Waals surface area (Å²) < 4.78 is 11.5. The Balaban J connectivity index is 1.53. The summed E-state index contributed by atoms with van der Waals surface area (Å²) in [5.41, 5.74) is 1.54. The summed E-state index contributed by atoms with van der Waals surface area (Å²) >= 11 is 0. The Morgan fingerprint density at radius 2 is 1.07 bits per heavy atom. The minimum absolute atomic E-state index is 0.0842. The molecule has 220 valence electrons. The zero-order valence-corrected chi connectivity index (χ0v) is 25.0. The van der Waals surface area contributed by atoms with Crippen molar-refractivity contribution in [3.05, 3.63) is 71.3 Å². The lowest BCUT2D eigenvalue weighted by Crippen LogP contribution is -2.45. The number of quaternary nitrogens is 1. The first-order valence-electron chi connectivity index (χ1n) is 15.2. The number of carbonyl (C=O) groups is 3. The van der Waals surface area contributed by atoms with E-state index in [0.717, 1.165) is 12.8 Å². The molecule has 0 N–H and O–H groups in total. The van der Waals surface area contributed by atoms with Crippen molar-refractivity contribution in [2.24, 2.45) is 0 Å². The molecule has 0 aliphatic carbocycles. The molecule has 0 aliphatic rings. The zero-order chi connectivity index (χ0) is 29.1. The summed E-state index contributed by atoms with van der Waals surface area (Å²) in [4.78, 5) is 37.1. The van der Waals surface area contributed by atoms with E-state index in [-0.39, 0.29) is 18.4 Å². The topological polar surface area (TPSA) is 69.7 Å². The van der Waals surface area contributed by atoms with E-state index in [1.165, 1.54) is 57.8 Å². The molecule has 0 atom stereocenters. The zero-order valence-electron chi connectivity index (χ0n) is 25.0. The molecule has 6 heteroatoms. The molecule has 0 heterocycles. The number of hydrogen-bond acceptors (Lipinski definition) is 5. The fraction of sp³-hybridized carbons (Fsp3) is 0.559. The molecule has 0 aromatic heterocycles. The maximum Gasteiger partial charge on any atom is 0.338 e. The predicted octanol–water partition coefficient (Wildman–Crippen LogP) is 7.40. The molecule has 2 rings (SSSR count). The van der Waals surface area contributed by atoms with Crippen molar-refractivity contribution in [2.75, 3.05) is 40.4 Å². The molecular formula is C34H50NO5+. The Bertz CT molecular complexity index is 1000. The second kappa shape index (κ2) is 19.1. The first-order chi connectivity index (χ1) is 19.3. The summed E-state index contributed by atoms with van der Waals surface area (Å²) in [5, 5.41) is 0. The number of carbonyl (C=O) groups excluding carboxylic acids is 3. The number of ketones is 1. The molecule has 2 aromatic carbocycles. The van der Waals surface area contributed by atoms with Crippen LogP contribution in [0.1, 0.15) is 110 Å². The van der Waals surface area contributed by atoms with Crippen molar-refractivity contribution in [1.29, 1.82) is 0 Å². The van der Waals surface area contributed by atoms with E-state index in [0.29, 0.717) is 47.3 Å². The molecule has 2 aromatic rings. The molecule has 0 bridgehead atoms. The number of likely N-dealkylation sites (N-methyl/N-ethyl adjacent to an activating group) is 1. The van der Waals surface area contributed by atoms with Crippen LogP contribution < -0.4 is 0 Å². The molecule has 0 aliphatic heterocycles. The number of nitrogens with zero attached hydrogens (tertiary/aromatic N) is 1. The molecule has 40 heavy (non-hydrogen) atoms. The highest BCUT2D eigenvalue weighted by atomic mass is 16.5. The van der Waals surface area contributed by atoms with Gasteiger partial charge in [-0.2, -0.15) is 0 Å². The van der Waals surface area contributed by atoms with Gasteiger partial charge in [-0.05, 0) is 18.6 Å². The van der Waals surface area contributed by atoms with Gasteiger partial charge in [-0.25, -0.2) is 4.79 Å². The molecule has 0 fully saturated rings. The Kier molecular flexibility index (Phi) is 15.9. The number of rotatable bonds is 21. The highest BCUT2D eigenvalue weighted by molar-refractivity contribution is 6.09. The van der Waals surface area contributed by atoms with Crippen LogP contribution in [0.4, 0.5) is 0 Å². The van der Waals surface area contributed by atoms with Crippen LogP contribution in [-0.4, -0.2) is 62.6 Å². The Hall–Kier alpha value is -2.99. The number of hydrogen-bond donors (Lipinski definition) is 0. The number of ether oxygens (including phenoxy) is 2. The molecule has 6 nitrogen and oxygen atoms in total. The summed E-state index contributed by atoms with van der Waals surface area (Å²) in [6, 6.07) is 15.6. The summed E-state index contributed by atoms with van der Waals surface area (Å²) in [6.07, 6.45) is 14.3. The SMILES string of the molecule is CCCCCCCCCCCCCC(=O)OCC[N+](C)(C)CCOC(=O)c1ccc(C(=O)c2ccccc2)cc1. The van der Waals surface area contributed by atoms with Gasteiger partial charge in [0.2, 0.25) is 0 Å². The third-order valence-corrected chi connectivity index (χ3v) is 7.29. The molecule has 0 spiro atoms. The van der Waals surface area contributed by atoms with E-state index in [9.17, 15) is 14.4 Å². The molecule has 0 unspecified atom stereocenters. The van der Waals surface area contributed by atoms with Crippen LogP contribution in [0.25, 0.3) is 0 Å². The van der Waals surface area contributed by atoms with E-state index < -0.39 is 5.97 Å². The van der Waals surface area contributed by atoms with E-state index in [1.54, 1.807) is 36.4 Å². The first kappa shape index (κ1) is 33.2. The minimum Gasteiger partial charge on any atom is -0.460 e. The second-order valence-corrected chi connectivity index (χ2v) is 11.3. The van der Waals surface area contributed by atoms with Crippen molar-refractivity contribution in [3.63, 3.8) is 0 Å². The summed E-state index contributed by atoms with van der Waals surface area (Å²) in [6.45, 7) is 4.11. The van der Waals surface area contributed by atoms with Crippen molar-refractivity contribution in [2.45, 2.75) is 84.0 Å². The molecular weight excluding hydrogens is 502 g/mol. The van der Waals surface area contributed by atoms with Crippen LogP contribution in [0.2, 0.25) is 0 Å². The fourth-order valence-electron chi connectivity index (χ4n) is 4.51. The first-order valence-corrected chi connectivity index (χ1v) is 15.2. The molecule has 0 radical (unpaired) electrons. The van der Waals surface area contributed by atoms with Gasteiger partial charge in [-0.15, -0.1) is 0 Å². The van der Waals surface area contributed by atoms with Gasteiger partial charge in [-0.1, -0.05) is 114 Å². The average molecular weight is 553 g/mol. The van der Waals surface area contributed by atoms with Gasteiger partial charge in [-0.3, -0.25) is 9.59 Å². The van der Waals surface area contributed by atoms with Gasteiger partial charge in [0.25, 0.3) is 0 Å². The maximum atomic E-state index is 12.5. The third-order valence-electron chi connectivity index (χ3n) is 7.29. The van der Waals surface area contributed by atoms with Crippen molar-refractivity contribution in [3.8, 4) is 0 Å². The molecule has 0 amide bonds. The number of unbranched alkanes of at least 4 members (excludes halogenated alkanes) is 10. The second-order valence-electron chi connectivity index (χ2n) is 11.3. The van der Waals surface area contributed by atoms with Crippen molar-refractivity contribution in [1.82, 2.24) is 0 Å². The summed E-state index contributed by atoms with van der Waals surface area (Å²) in [7, 11) is 4.05. The van der Waals surface area contributed by atoms with E-state index in [2.05, 4.69) is 6.92 Å². The fourth-order valence-corrected chi connectivity index (χ4v) is 4.51. The van der Waals surface area contributed by atoms with Gasteiger partial charge >= 0.3 is 11.9 Å². The molecule has 0 saturated heterocycles. The third kappa shape index (κ3) is 13.9. The lowest BCUT2D eigenvalue weighted by molar-refractivity contribution is -0.890. The Morgan fingerprint density at radius 3 is 1.65 bits per heavy atom. The maximum absolute atomic E-state index is 12.5. The summed E-state index contributed by atoms with van der Waals surface area (Å²) in [5.74, 6) is -0.632. The van der Waals surface area contributed by atoms with Crippen LogP contribution in [0.15, 0.2) is 54.6 Å². The van der Waals surface area contributed by atoms with Gasteiger partial charge in [0.05, 0.1) is 19.7 Å². The monoisotopic (exact) mass is 552 g/mol. The lowest BCUT2D eigenvalue weighted by atomic mass is 10.0. The Morgan fingerprint density at radius 1 is 0.600 bits per heavy atom. The van der Waals surface area contributed by atoms with Crippen LogP contribution in [-0.2, 0) is 14.3 Å². The van der Waals surface area contributed by atoms with Crippen LogP contribution >= 0.6 is 0 Å². The Labute approximate surface area is 241 Å². The van der Waals surface area contributed by atoms with Crippen LogP contribution in [0, 0.1) is 0 Å². The van der Waals surface area contributed by atoms with E-state index in [1.807, 2.05) is 32.3 Å². The lowest BCUT2D eigenvalue weighted by Gasteiger charge is -2.29. The van der Waals surface area contributed by atoms with Gasteiger partial charge in [0.1, 0.15) is 26.3 Å². The number of benzene rings is 2. The van der Waals surface area contributed by atoms with Gasteiger partial charge in [0, 0.05) is 17.5 Å². The smallest absolute Gasteiger partial charge is 0.338 e. The minimum atomic E-state index is -0.419. The van der Waals surface area contributed by atoms with Gasteiger partial charge < -0.3 is 14.0 Å². The van der Waals surface area contributed by atoms with Crippen LogP contribution in [0.5, 0.6) is 0 Å². The highest BCUT2D eigenvalue weighted by Gasteiger charge is 2.18. The standard InChI is InChI=1S/C34H50NO5/c1-4-5-6-7-8-9-10-11-12-13-17-20-32(36)39-27-25-35(2,3)26-28-40-34(38)31-23-21-30(22-24-31)33(37)29-18-15-14-16-19-29/h14-16,18-19,21-24H,4-13,17,20,25-28H2,1-3H3/q+1. The molecule has 0 saturated carbocycles. The predicted molar refractivity (Wildman–Crippen MR) is 160 cm³/mol. The van der Waals surface area contributed by atoms with Gasteiger partial charge in [0.15, 0.2) is 5.78 Å². The van der Waals surface area contributed by atoms with Crippen LogP contribution in [0.3, 0.4) is 0 Å². The van der Waals surface area contributed by atoms with E-state index >= 15 is 0 Å². The largest absolute Gasteiger partial charge is 0.460 e. The van der Waals surface area contributed by atoms with Crippen molar-refractivity contribution >= 4 is 17.7 Å². The van der Waals surface area contributed by atoms with E-state index in [4.69, 9.17) is 9.47 Å². The number of esters is 2. The quantitative estimate of drug-likeness (QED) is 0.0699. The highest BCUT2D eigenvalue weighted by Crippen LogP contribution is 2.13. The average Bonchev–Trinajstić information content (AvgIpc) is 2.95. The van der Waals surface area contributed by atoms with Crippen molar-refractivity contribution < 1.29 is 28.3 Å². The normalized spacial score (nSPS) is 11.3.